The van der Waals surface area contributed by atoms with Crippen molar-refractivity contribution in [3.63, 3.8) is 0 Å². The molecular formula is C9H8N2O2S. The number of hydrogen-bond donors (Lipinski definition) is 2. The summed E-state index contributed by atoms with van der Waals surface area (Å²) in [6.45, 7) is 5.16. The van der Waals surface area contributed by atoms with Crippen molar-refractivity contribution >= 4 is 27.3 Å². The molecule has 14 heavy (non-hydrogen) atoms. The molecule has 2 heterocycles. The van der Waals surface area contributed by atoms with E-state index in [2.05, 4.69) is 16.5 Å². The van der Waals surface area contributed by atoms with Crippen molar-refractivity contribution in [1.82, 2.24) is 9.97 Å². The molecule has 0 amide bonds. The lowest BCUT2D eigenvalue weighted by Crippen LogP contribution is -2.10. The molecule has 0 atom stereocenters. The van der Waals surface area contributed by atoms with Gasteiger partial charge < -0.3 is 10.1 Å². The molecule has 5 heteroatoms. The number of nitrogens with zero attached hydrogens (tertiary/aromatic N) is 1. The van der Waals surface area contributed by atoms with Crippen LogP contribution in [0.2, 0.25) is 0 Å². The van der Waals surface area contributed by atoms with Gasteiger partial charge in [0.25, 0.3) is 5.56 Å². The van der Waals surface area contributed by atoms with E-state index in [1.807, 2.05) is 12.3 Å². The van der Waals surface area contributed by atoms with Crippen molar-refractivity contribution in [2.75, 3.05) is 0 Å². The fourth-order valence-electron chi connectivity index (χ4n) is 1.23. The predicted octanol–water partition coefficient (Wildman–Crippen LogP) is 1.82. The minimum Gasteiger partial charge on any atom is -0.505 e. The van der Waals surface area contributed by atoms with E-state index in [0.29, 0.717) is 10.2 Å². The average Bonchev–Trinajstić information content (AvgIpc) is 2.48. The Bertz CT molecular complexity index is 568. The van der Waals surface area contributed by atoms with Gasteiger partial charge in [-0.05, 0) is 17.9 Å². The molecule has 0 aliphatic rings. The number of aromatic amines is 1. The fraction of sp³-hybridized carbons (Fsp3) is 0.111. The standard InChI is InChI=1S/C9H8N2O2S/c1-4-3-14-9-6(4)8(13)10-7(11-9)5(2)12/h3,12H,2H2,1H3,(H,10,11,13). The van der Waals surface area contributed by atoms with Gasteiger partial charge in [-0.2, -0.15) is 0 Å². The van der Waals surface area contributed by atoms with Gasteiger partial charge in [0, 0.05) is 0 Å². The van der Waals surface area contributed by atoms with Gasteiger partial charge in [-0.15, -0.1) is 11.3 Å². The van der Waals surface area contributed by atoms with E-state index in [1.54, 1.807) is 0 Å². The summed E-state index contributed by atoms with van der Waals surface area (Å²) in [7, 11) is 0. The average molecular weight is 208 g/mol. The number of aromatic nitrogens is 2. The topological polar surface area (TPSA) is 66.0 Å². The van der Waals surface area contributed by atoms with Gasteiger partial charge in [-0.1, -0.05) is 6.58 Å². The second-order valence-electron chi connectivity index (χ2n) is 2.96. The van der Waals surface area contributed by atoms with E-state index in [0.717, 1.165) is 5.56 Å². The first kappa shape index (κ1) is 8.96. The summed E-state index contributed by atoms with van der Waals surface area (Å²) in [4.78, 5) is 18.7. The van der Waals surface area contributed by atoms with Crippen LogP contribution in [0.4, 0.5) is 0 Å². The van der Waals surface area contributed by atoms with Crippen molar-refractivity contribution in [2.24, 2.45) is 0 Å². The van der Waals surface area contributed by atoms with Crippen LogP contribution < -0.4 is 5.56 Å². The molecule has 4 nitrogen and oxygen atoms in total. The largest absolute Gasteiger partial charge is 0.505 e. The van der Waals surface area contributed by atoms with Crippen molar-refractivity contribution < 1.29 is 5.11 Å². The Labute approximate surface area is 83.6 Å². The summed E-state index contributed by atoms with van der Waals surface area (Å²) in [5.74, 6) is -0.0978. The minimum absolute atomic E-state index is 0.129. The van der Waals surface area contributed by atoms with Gasteiger partial charge in [0.05, 0.1) is 5.39 Å². The summed E-state index contributed by atoms with van der Waals surface area (Å²) in [5.41, 5.74) is 0.660. The normalized spacial score (nSPS) is 10.6. The SMILES string of the molecule is C=C(O)c1nc2scc(C)c2c(=O)[nH]1. The van der Waals surface area contributed by atoms with E-state index in [-0.39, 0.29) is 17.1 Å². The molecule has 0 bridgehead atoms. The number of aliphatic hydroxyl groups excluding tert-OH is 1. The van der Waals surface area contributed by atoms with Crippen molar-refractivity contribution in [3.05, 3.63) is 33.7 Å². The van der Waals surface area contributed by atoms with Crippen LogP contribution in [0.25, 0.3) is 16.0 Å². The zero-order valence-corrected chi connectivity index (χ0v) is 8.31. The van der Waals surface area contributed by atoms with Crippen LogP contribution in [0.15, 0.2) is 16.8 Å². The molecule has 0 unspecified atom stereocenters. The van der Waals surface area contributed by atoms with Crippen LogP contribution in [-0.2, 0) is 0 Å². The second kappa shape index (κ2) is 2.95. The smallest absolute Gasteiger partial charge is 0.260 e. The number of hydrogen-bond acceptors (Lipinski definition) is 4. The molecule has 0 aromatic carbocycles. The summed E-state index contributed by atoms with van der Waals surface area (Å²) in [6.07, 6.45) is 0. The molecule has 72 valence electrons. The van der Waals surface area contributed by atoms with Gasteiger partial charge in [-0.25, -0.2) is 4.98 Å². The number of aryl methyl sites for hydroxylation is 1. The number of rotatable bonds is 1. The van der Waals surface area contributed by atoms with Crippen LogP contribution >= 0.6 is 11.3 Å². The molecule has 2 rings (SSSR count). The quantitative estimate of drug-likeness (QED) is 0.702. The first-order valence-corrected chi connectivity index (χ1v) is 4.84. The Morgan fingerprint density at radius 3 is 3.07 bits per heavy atom. The number of fused-ring (bicyclic) bond motifs is 1. The number of aliphatic hydroxyl groups is 1. The fourth-order valence-corrected chi connectivity index (χ4v) is 2.15. The predicted molar refractivity (Wildman–Crippen MR) is 56.6 cm³/mol. The third-order valence-electron chi connectivity index (χ3n) is 1.90. The highest BCUT2D eigenvalue weighted by Gasteiger charge is 2.09. The molecule has 2 aromatic rings. The van der Waals surface area contributed by atoms with Crippen LogP contribution in [0, 0.1) is 6.92 Å². The summed E-state index contributed by atoms with van der Waals surface area (Å²) in [6, 6.07) is 0. The summed E-state index contributed by atoms with van der Waals surface area (Å²) in [5, 5.41) is 11.5. The third-order valence-corrected chi connectivity index (χ3v) is 2.89. The molecule has 0 saturated carbocycles. The molecule has 2 aromatic heterocycles. The summed E-state index contributed by atoms with van der Waals surface area (Å²) >= 11 is 1.38. The maximum Gasteiger partial charge on any atom is 0.260 e. The Morgan fingerprint density at radius 2 is 2.43 bits per heavy atom. The first-order valence-electron chi connectivity index (χ1n) is 3.96. The maximum atomic E-state index is 11.5. The lowest BCUT2D eigenvalue weighted by molar-refractivity contribution is 0.507. The van der Waals surface area contributed by atoms with Crippen LogP contribution in [0.3, 0.4) is 0 Å². The van der Waals surface area contributed by atoms with Gasteiger partial charge in [0.15, 0.2) is 11.6 Å². The highest BCUT2D eigenvalue weighted by Crippen LogP contribution is 2.20. The molecule has 0 fully saturated rings. The van der Waals surface area contributed by atoms with Gasteiger partial charge in [0.2, 0.25) is 0 Å². The zero-order chi connectivity index (χ0) is 10.3. The molecular weight excluding hydrogens is 200 g/mol. The Hall–Kier alpha value is -1.62. The van der Waals surface area contributed by atoms with E-state index in [1.165, 1.54) is 11.3 Å². The molecule has 0 radical (unpaired) electrons. The van der Waals surface area contributed by atoms with Gasteiger partial charge in [-0.3, -0.25) is 4.79 Å². The second-order valence-corrected chi connectivity index (χ2v) is 3.82. The van der Waals surface area contributed by atoms with Gasteiger partial charge in [0.1, 0.15) is 4.83 Å². The van der Waals surface area contributed by atoms with Crippen LogP contribution in [-0.4, -0.2) is 15.1 Å². The molecule has 0 aliphatic heterocycles. The highest BCUT2D eigenvalue weighted by atomic mass is 32.1. The van der Waals surface area contributed by atoms with Crippen molar-refractivity contribution in [2.45, 2.75) is 6.92 Å². The Balaban J connectivity index is 2.87. The number of thiophene rings is 1. The minimum atomic E-state index is -0.237. The third kappa shape index (κ3) is 1.22. The number of H-pyrrole nitrogens is 1. The monoisotopic (exact) mass is 208 g/mol. The van der Waals surface area contributed by atoms with Crippen LogP contribution in [0.5, 0.6) is 0 Å². The zero-order valence-electron chi connectivity index (χ0n) is 7.50. The van der Waals surface area contributed by atoms with E-state index >= 15 is 0 Å². The van der Waals surface area contributed by atoms with E-state index < -0.39 is 0 Å². The lowest BCUT2D eigenvalue weighted by Gasteiger charge is -1.97. The summed E-state index contributed by atoms with van der Waals surface area (Å²) < 4.78 is 0. The maximum absolute atomic E-state index is 11.5. The van der Waals surface area contributed by atoms with E-state index in [9.17, 15) is 4.79 Å². The van der Waals surface area contributed by atoms with Crippen molar-refractivity contribution in [3.8, 4) is 0 Å². The van der Waals surface area contributed by atoms with Gasteiger partial charge >= 0.3 is 0 Å². The lowest BCUT2D eigenvalue weighted by atomic mass is 10.3. The first-order chi connectivity index (χ1) is 6.59. The highest BCUT2D eigenvalue weighted by molar-refractivity contribution is 7.16. The molecule has 0 spiro atoms. The van der Waals surface area contributed by atoms with E-state index in [4.69, 9.17) is 5.11 Å². The number of nitrogens with one attached hydrogen (secondary N) is 1. The Morgan fingerprint density at radius 1 is 1.71 bits per heavy atom. The molecule has 2 N–H and O–H groups in total. The molecule has 0 saturated heterocycles. The van der Waals surface area contributed by atoms with Crippen molar-refractivity contribution in [1.29, 1.82) is 0 Å². The van der Waals surface area contributed by atoms with Crippen LogP contribution in [0.1, 0.15) is 11.4 Å². The Kier molecular flexibility index (Phi) is 1.89. The molecule has 0 aliphatic carbocycles.